The van der Waals surface area contributed by atoms with Gasteiger partial charge in [-0.25, -0.2) is 4.79 Å². The fourth-order valence-corrected chi connectivity index (χ4v) is 1.53. The second kappa shape index (κ2) is 6.64. The summed E-state index contributed by atoms with van der Waals surface area (Å²) in [5, 5.41) is 8.82. The average Bonchev–Trinajstić information content (AvgIpc) is 2.38. The number of carboxylic acid groups (broad SMARTS) is 1. The number of hydrogen-bond donors (Lipinski definition) is 1. The SMILES string of the molecule is CCN(CC)C(=O)COc1cccc(C(=O)O)c1. The highest BCUT2D eigenvalue weighted by Gasteiger charge is 2.10. The first kappa shape index (κ1) is 14.0. The number of amides is 1. The number of carbonyl (C=O) groups excluding carboxylic acids is 1. The lowest BCUT2D eigenvalue weighted by atomic mass is 10.2. The Labute approximate surface area is 106 Å². The number of carboxylic acids is 1. The van der Waals surface area contributed by atoms with E-state index in [9.17, 15) is 9.59 Å². The third-order valence-corrected chi connectivity index (χ3v) is 2.56. The van der Waals surface area contributed by atoms with Crippen LogP contribution < -0.4 is 4.74 Å². The molecule has 1 rings (SSSR count). The van der Waals surface area contributed by atoms with Crippen LogP contribution in [0.5, 0.6) is 5.75 Å². The Kier molecular flexibility index (Phi) is 5.17. The van der Waals surface area contributed by atoms with Crippen molar-refractivity contribution in [1.82, 2.24) is 4.90 Å². The molecule has 0 fully saturated rings. The quantitative estimate of drug-likeness (QED) is 0.834. The highest BCUT2D eigenvalue weighted by Crippen LogP contribution is 2.13. The van der Waals surface area contributed by atoms with Gasteiger partial charge in [0.15, 0.2) is 6.61 Å². The minimum absolute atomic E-state index is 0.0786. The molecule has 0 saturated carbocycles. The number of aromatic carboxylic acids is 1. The van der Waals surface area contributed by atoms with Gasteiger partial charge in [-0.3, -0.25) is 4.79 Å². The van der Waals surface area contributed by atoms with Crippen LogP contribution in [0.15, 0.2) is 24.3 Å². The molecule has 0 radical (unpaired) electrons. The first-order chi connectivity index (χ1) is 8.58. The van der Waals surface area contributed by atoms with Crippen LogP contribution in [0, 0.1) is 0 Å². The van der Waals surface area contributed by atoms with Crippen molar-refractivity contribution >= 4 is 11.9 Å². The van der Waals surface area contributed by atoms with E-state index < -0.39 is 5.97 Å². The maximum absolute atomic E-state index is 11.7. The van der Waals surface area contributed by atoms with Crippen LogP contribution in [0.3, 0.4) is 0 Å². The molecule has 1 N–H and O–H groups in total. The molecule has 98 valence electrons. The summed E-state index contributed by atoms with van der Waals surface area (Å²) < 4.78 is 5.29. The third-order valence-electron chi connectivity index (χ3n) is 2.56. The highest BCUT2D eigenvalue weighted by atomic mass is 16.5. The van der Waals surface area contributed by atoms with Gasteiger partial charge in [0, 0.05) is 13.1 Å². The molecule has 1 amide bonds. The van der Waals surface area contributed by atoms with Crippen LogP contribution in [-0.2, 0) is 4.79 Å². The van der Waals surface area contributed by atoms with Crippen molar-refractivity contribution in [2.75, 3.05) is 19.7 Å². The van der Waals surface area contributed by atoms with Crippen molar-refractivity contribution in [2.24, 2.45) is 0 Å². The van der Waals surface area contributed by atoms with Crippen molar-refractivity contribution in [3.63, 3.8) is 0 Å². The predicted octanol–water partition coefficient (Wildman–Crippen LogP) is 1.63. The van der Waals surface area contributed by atoms with Gasteiger partial charge in [-0.15, -0.1) is 0 Å². The number of likely N-dealkylation sites (N-methyl/N-ethyl adjacent to an activating group) is 1. The number of nitrogens with zero attached hydrogens (tertiary/aromatic N) is 1. The molecule has 1 aromatic rings. The van der Waals surface area contributed by atoms with E-state index in [1.807, 2.05) is 13.8 Å². The average molecular weight is 251 g/mol. The lowest BCUT2D eigenvalue weighted by Gasteiger charge is -2.18. The summed E-state index contributed by atoms with van der Waals surface area (Å²) >= 11 is 0. The second-order valence-corrected chi connectivity index (χ2v) is 3.69. The third kappa shape index (κ3) is 3.76. The molecule has 0 heterocycles. The summed E-state index contributed by atoms with van der Waals surface area (Å²) in [6.45, 7) is 4.98. The Balaban J connectivity index is 2.61. The normalized spacial score (nSPS) is 9.89. The van der Waals surface area contributed by atoms with Crippen LogP contribution in [0.2, 0.25) is 0 Å². The Morgan fingerprint density at radius 1 is 1.28 bits per heavy atom. The summed E-state index contributed by atoms with van der Waals surface area (Å²) in [6.07, 6.45) is 0. The molecule has 0 aliphatic heterocycles. The van der Waals surface area contributed by atoms with Gasteiger partial charge in [0.2, 0.25) is 0 Å². The number of carbonyl (C=O) groups is 2. The second-order valence-electron chi connectivity index (χ2n) is 3.69. The van der Waals surface area contributed by atoms with Crippen molar-refractivity contribution in [2.45, 2.75) is 13.8 Å². The first-order valence-electron chi connectivity index (χ1n) is 5.82. The number of rotatable bonds is 6. The van der Waals surface area contributed by atoms with Gasteiger partial charge in [-0.2, -0.15) is 0 Å². The lowest BCUT2D eigenvalue weighted by molar-refractivity contribution is -0.132. The zero-order valence-electron chi connectivity index (χ0n) is 10.5. The van der Waals surface area contributed by atoms with Crippen LogP contribution in [0.1, 0.15) is 24.2 Å². The Hall–Kier alpha value is -2.04. The summed E-state index contributed by atoms with van der Waals surface area (Å²) in [7, 11) is 0. The fourth-order valence-electron chi connectivity index (χ4n) is 1.53. The van der Waals surface area contributed by atoms with Crippen LogP contribution in [-0.4, -0.2) is 41.6 Å². The molecule has 0 spiro atoms. The fraction of sp³-hybridized carbons (Fsp3) is 0.385. The molecule has 18 heavy (non-hydrogen) atoms. The van der Waals surface area contributed by atoms with Gasteiger partial charge in [0.05, 0.1) is 5.56 Å². The molecular formula is C13H17NO4. The van der Waals surface area contributed by atoms with E-state index in [0.717, 1.165) is 0 Å². The van der Waals surface area contributed by atoms with E-state index in [-0.39, 0.29) is 18.1 Å². The number of ether oxygens (including phenoxy) is 1. The summed E-state index contributed by atoms with van der Waals surface area (Å²) in [5.74, 6) is -0.744. The molecular weight excluding hydrogens is 234 g/mol. The summed E-state index contributed by atoms with van der Waals surface area (Å²) in [6, 6.07) is 6.09. The number of benzene rings is 1. The standard InChI is InChI=1S/C13H17NO4/c1-3-14(4-2)12(15)9-18-11-7-5-6-10(8-11)13(16)17/h5-8H,3-4,9H2,1-2H3,(H,16,17). The van der Waals surface area contributed by atoms with Crippen molar-refractivity contribution < 1.29 is 19.4 Å². The molecule has 0 aliphatic carbocycles. The smallest absolute Gasteiger partial charge is 0.335 e. The maximum atomic E-state index is 11.7. The van der Waals surface area contributed by atoms with Gasteiger partial charge in [0.1, 0.15) is 5.75 Å². The molecule has 5 heteroatoms. The first-order valence-corrected chi connectivity index (χ1v) is 5.82. The lowest BCUT2D eigenvalue weighted by Crippen LogP contribution is -2.34. The van der Waals surface area contributed by atoms with Crippen molar-refractivity contribution in [3.05, 3.63) is 29.8 Å². The van der Waals surface area contributed by atoms with E-state index in [0.29, 0.717) is 18.8 Å². The monoisotopic (exact) mass is 251 g/mol. The van der Waals surface area contributed by atoms with Crippen LogP contribution >= 0.6 is 0 Å². The van der Waals surface area contributed by atoms with Gasteiger partial charge in [0.25, 0.3) is 5.91 Å². The van der Waals surface area contributed by atoms with Crippen LogP contribution in [0.4, 0.5) is 0 Å². The molecule has 0 bridgehead atoms. The topological polar surface area (TPSA) is 66.8 Å². The van der Waals surface area contributed by atoms with Gasteiger partial charge >= 0.3 is 5.97 Å². The molecule has 0 saturated heterocycles. The predicted molar refractivity (Wildman–Crippen MR) is 66.8 cm³/mol. The zero-order chi connectivity index (χ0) is 13.5. The molecule has 1 aromatic carbocycles. The van der Waals surface area contributed by atoms with Crippen molar-refractivity contribution in [3.8, 4) is 5.75 Å². The zero-order valence-corrected chi connectivity index (χ0v) is 10.5. The maximum Gasteiger partial charge on any atom is 0.335 e. The highest BCUT2D eigenvalue weighted by molar-refractivity contribution is 5.88. The van der Waals surface area contributed by atoms with E-state index in [1.165, 1.54) is 12.1 Å². The Morgan fingerprint density at radius 3 is 2.50 bits per heavy atom. The molecule has 5 nitrogen and oxygen atoms in total. The van der Waals surface area contributed by atoms with E-state index in [4.69, 9.17) is 9.84 Å². The van der Waals surface area contributed by atoms with Gasteiger partial charge < -0.3 is 14.7 Å². The van der Waals surface area contributed by atoms with Gasteiger partial charge in [-0.05, 0) is 32.0 Å². The van der Waals surface area contributed by atoms with Gasteiger partial charge in [-0.1, -0.05) is 6.07 Å². The molecule has 0 unspecified atom stereocenters. The molecule has 0 atom stereocenters. The Bertz CT molecular complexity index is 427. The largest absolute Gasteiger partial charge is 0.484 e. The van der Waals surface area contributed by atoms with Crippen LogP contribution in [0.25, 0.3) is 0 Å². The van der Waals surface area contributed by atoms with E-state index >= 15 is 0 Å². The number of hydrogen-bond acceptors (Lipinski definition) is 3. The summed E-state index contributed by atoms with van der Waals surface area (Å²) in [4.78, 5) is 24.1. The summed E-state index contributed by atoms with van der Waals surface area (Å²) in [5.41, 5.74) is 0.141. The molecule has 0 aromatic heterocycles. The van der Waals surface area contributed by atoms with E-state index in [2.05, 4.69) is 0 Å². The van der Waals surface area contributed by atoms with E-state index in [1.54, 1.807) is 17.0 Å². The minimum Gasteiger partial charge on any atom is -0.484 e. The van der Waals surface area contributed by atoms with Crippen molar-refractivity contribution in [1.29, 1.82) is 0 Å². The molecule has 0 aliphatic rings. The minimum atomic E-state index is -1.02. The Morgan fingerprint density at radius 2 is 1.94 bits per heavy atom.